The van der Waals surface area contributed by atoms with E-state index >= 15 is 0 Å². The molecule has 8 nitrogen and oxygen atoms in total. The fourth-order valence-corrected chi connectivity index (χ4v) is 1.27. The lowest BCUT2D eigenvalue weighted by atomic mass is 10.0. The van der Waals surface area contributed by atoms with E-state index in [1.165, 1.54) is 0 Å². The van der Waals surface area contributed by atoms with Gasteiger partial charge in [0, 0.05) is 0 Å². The lowest BCUT2D eigenvalue weighted by Crippen LogP contribution is -2.49. The first-order valence-corrected chi connectivity index (χ1v) is 5.16. The highest BCUT2D eigenvalue weighted by atomic mass is 16.2. The van der Waals surface area contributed by atoms with Crippen LogP contribution >= 0.6 is 0 Å². The van der Waals surface area contributed by atoms with Gasteiger partial charge in [-0.1, -0.05) is 13.8 Å². The summed E-state index contributed by atoms with van der Waals surface area (Å²) in [4.78, 5) is 26.5. The maximum Gasteiger partial charge on any atom is 0.312 e. The Labute approximate surface area is 98.4 Å². The van der Waals surface area contributed by atoms with Gasteiger partial charge in [0.25, 0.3) is 0 Å². The van der Waals surface area contributed by atoms with E-state index in [4.69, 9.17) is 5.73 Å². The van der Waals surface area contributed by atoms with Crippen LogP contribution in [0, 0.1) is 12.8 Å². The van der Waals surface area contributed by atoms with Crippen LogP contribution in [0.5, 0.6) is 0 Å². The molecule has 1 atom stereocenters. The fraction of sp³-hybridized carbons (Fsp3) is 0.556. The lowest BCUT2D eigenvalue weighted by molar-refractivity contribution is -0.118. The van der Waals surface area contributed by atoms with Gasteiger partial charge < -0.3 is 11.1 Å². The van der Waals surface area contributed by atoms with Gasteiger partial charge >= 0.3 is 6.03 Å². The Hall–Kier alpha value is -2.12. The number of primary amides is 1. The van der Waals surface area contributed by atoms with Crippen LogP contribution in [0.15, 0.2) is 0 Å². The number of carbonyl (C=O) groups excluding carboxylic acids is 2. The SMILES string of the molecule is Cc1nc(NC(=O)C(NC(N)=O)C(C)C)n[nH]1. The summed E-state index contributed by atoms with van der Waals surface area (Å²) in [6, 6.07) is -1.46. The van der Waals surface area contributed by atoms with E-state index in [-0.39, 0.29) is 11.9 Å². The van der Waals surface area contributed by atoms with Crippen molar-refractivity contribution in [1.29, 1.82) is 0 Å². The summed E-state index contributed by atoms with van der Waals surface area (Å²) >= 11 is 0. The van der Waals surface area contributed by atoms with Crippen molar-refractivity contribution in [1.82, 2.24) is 20.5 Å². The predicted octanol–water partition coefficient (Wildman–Crippen LogP) is -0.255. The van der Waals surface area contributed by atoms with Gasteiger partial charge in [0.1, 0.15) is 11.9 Å². The van der Waals surface area contributed by atoms with Gasteiger partial charge in [-0.05, 0) is 12.8 Å². The third kappa shape index (κ3) is 3.74. The molecule has 1 rings (SSSR count). The van der Waals surface area contributed by atoms with Crippen LogP contribution in [0.4, 0.5) is 10.7 Å². The molecule has 0 bridgehead atoms. The number of aromatic nitrogens is 3. The Morgan fingerprint density at radius 1 is 1.41 bits per heavy atom. The lowest BCUT2D eigenvalue weighted by Gasteiger charge is -2.19. The Morgan fingerprint density at radius 3 is 2.47 bits per heavy atom. The molecule has 0 spiro atoms. The molecule has 1 aromatic rings. The van der Waals surface area contributed by atoms with Crippen molar-refractivity contribution in [3.63, 3.8) is 0 Å². The van der Waals surface area contributed by atoms with Crippen molar-refractivity contribution in [3.05, 3.63) is 5.82 Å². The second-order valence-corrected chi connectivity index (χ2v) is 3.96. The Bertz CT molecular complexity index is 413. The highest BCUT2D eigenvalue weighted by Crippen LogP contribution is 2.05. The van der Waals surface area contributed by atoms with Crippen molar-refractivity contribution < 1.29 is 9.59 Å². The first kappa shape index (κ1) is 12.9. The monoisotopic (exact) mass is 240 g/mol. The van der Waals surface area contributed by atoms with E-state index in [9.17, 15) is 9.59 Å². The minimum absolute atomic E-state index is 0.0949. The van der Waals surface area contributed by atoms with Gasteiger partial charge in [-0.2, -0.15) is 4.98 Å². The Balaban J connectivity index is 2.68. The average molecular weight is 240 g/mol. The average Bonchev–Trinajstić information content (AvgIpc) is 2.59. The number of H-pyrrole nitrogens is 1. The first-order chi connectivity index (χ1) is 7.90. The fourth-order valence-electron chi connectivity index (χ4n) is 1.27. The van der Waals surface area contributed by atoms with Crippen molar-refractivity contribution in [3.8, 4) is 0 Å². The molecule has 0 saturated heterocycles. The number of urea groups is 1. The van der Waals surface area contributed by atoms with Gasteiger partial charge in [0.05, 0.1) is 0 Å². The van der Waals surface area contributed by atoms with Gasteiger partial charge in [-0.3, -0.25) is 15.2 Å². The normalized spacial score (nSPS) is 12.2. The van der Waals surface area contributed by atoms with Crippen LogP contribution in [-0.4, -0.2) is 33.2 Å². The molecule has 0 radical (unpaired) electrons. The Morgan fingerprint density at radius 2 is 2.06 bits per heavy atom. The summed E-state index contributed by atoms with van der Waals surface area (Å²) < 4.78 is 0. The van der Waals surface area contributed by atoms with Crippen LogP contribution < -0.4 is 16.4 Å². The van der Waals surface area contributed by atoms with Crippen LogP contribution in [0.2, 0.25) is 0 Å². The van der Waals surface area contributed by atoms with E-state index in [2.05, 4.69) is 25.8 Å². The minimum Gasteiger partial charge on any atom is -0.352 e. The van der Waals surface area contributed by atoms with Crippen molar-refractivity contribution in [2.75, 3.05) is 5.32 Å². The van der Waals surface area contributed by atoms with E-state index in [1.54, 1.807) is 20.8 Å². The number of amides is 3. The molecule has 94 valence electrons. The standard InChI is InChI=1S/C9H16N6O2/c1-4(2)6(12-8(10)17)7(16)13-9-11-5(3)14-15-9/h4,6H,1-3H3,(H3,10,12,17)(H2,11,13,14,15,16). The molecule has 0 aliphatic carbocycles. The topological polar surface area (TPSA) is 126 Å². The van der Waals surface area contributed by atoms with Crippen LogP contribution in [0.1, 0.15) is 19.7 Å². The largest absolute Gasteiger partial charge is 0.352 e. The zero-order valence-electron chi connectivity index (χ0n) is 9.94. The number of hydrogen-bond donors (Lipinski definition) is 4. The third-order valence-corrected chi connectivity index (χ3v) is 2.08. The predicted molar refractivity (Wildman–Crippen MR) is 61.1 cm³/mol. The number of aromatic amines is 1. The number of rotatable bonds is 4. The Kier molecular flexibility index (Phi) is 4.02. The first-order valence-electron chi connectivity index (χ1n) is 5.16. The number of aryl methyl sites for hydroxylation is 1. The summed E-state index contributed by atoms with van der Waals surface area (Å²) in [6.07, 6.45) is 0. The minimum atomic E-state index is -0.745. The smallest absolute Gasteiger partial charge is 0.312 e. The number of hydrogen-bond acceptors (Lipinski definition) is 4. The molecule has 0 aliphatic heterocycles. The molecular weight excluding hydrogens is 224 g/mol. The summed E-state index contributed by atoms with van der Waals surface area (Å²) in [7, 11) is 0. The zero-order valence-corrected chi connectivity index (χ0v) is 9.94. The summed E-state index contributed by atoms with van der Waals surface area (Å²) in [6.45, 7) is 5.30. The summed E-state index contributed by atoms with van der Waals surface area (Å²) in [5.41, 5.74) is 5.00. The molecule has 0 aromatic carbocycles. The maximum absolute atomic E-state index is 11.8. The summed E-state index contributed by atoms with van der Waals surface area (Å²) in [5.74, 6) is 0.258. The maximum atomic E-state index is 11.8. The van der Waals surface area contributed by atoms with E-state index < -0.39 is 18.0 Å². The molecule has 8 heteroatoms. The molecule has 0 aliphatic rings. The van der Waals surface area contributed by atoms with Gasteiger partial charge in [0.2, 0.25) is 11.9 Å². The van der Waals surface area contributed by atoms with Crippen LogP contribution in [0.25, 0.3) is 0 Å². The van der Waals surface area contributed by atoms with E-state index in [0.29, 0.717) is 5.82 Å². The molecule has 5 N–H and O–H groups in total. The molecule has 0 fully saturated rings. The molecular formula is C9H16N6O2. The van der Waals surface area contributed by atoms with Crippen molar-refractivity contribution in [2.24, 2.45) is 11.7 Å². The van der Waals surface area contributed by atoms with Crippen molar-refractivity contribution >= 4 is 17.9 Å². The molecule has 17 heavy (non-hydrogen) atoms. The second-order valence-electron chi connectivity index (χ2n) is 3.96. The number of carbonyl (C=O) groups is 2. The molecule has 1 aromatic heterocycles. The van der Waals surface area contributed by atoms with Gasteiger partial charge in [0.15, 0.2) is 0 Å². The number of anilines is 1. The second kappa shape index (κ2) is 5.28. The van der Waals surface area contributed by atoms with Crippen molar-refractivity contribution in [2.45, 2.75) is 26.8 Å². The van der Waals surface area contributed by atoms with Gasteiger partial charge in [-0.15, -0.1) is 5.10 Å². The highest BCUT2D eigenvalue weighted by Gasteiger charge is 2.24. The van der Waals surface area contributed by atoms with E-state index in [0.717, 1.165) is 0 Å². The van der Waals surface area contributed by atoms with E-state index in [1.807, 2.05) is 0 Å². The molecule has 3 amide bonds. The number of nitrogens with two attached hydrogens (primary N) is 1. The molecule has 1 heterocycles. The number of nitrogens with one attached hydrogen (secondary N) is 3. The quantitative estimate of drug-likeness (QED) is 0.578. The highest BCUT2D eigenvalue weighted by molar-refractivity contribution is 5.95. The number of nitrogens with zero attached hydrogens (tertiary/aromatic N) is 2. The van der Waals surface area contributed by atoms with Gasteiger partial charge in [-0.25, -0.2) is 4.79 Å². The molecule has 1 unspecified atom stereocenters. The zero-order chi connectivity index (χ0) is 13.0. The summed E-state index contributed by atoms with van der Waals surface area (Å²) in [5, 5.41) is 11.2. The molecule has 0 saturated carbocycles. The third-order valence-electron chi connectivity index (χ3n) is 2.08. The van der Waals surface area contributed by atoms with Crippen LogP contribution in [0.3, 0.4) is 0 Å². The van der Waals surface area contributed by atoms with Crippen LogP contribution in [-0.2, 0) is 4.79 Å².